The van der Waals surface area contributed by atoms with Gasteiger partial charge in [0.2, 0.25) is 0 Å². The smallest absolute Gasteiger partial charge is 0.254 e. The van der Waals surface area contributed by atoms with E-state index in [0.29, 0.717) is 35.8 Å². The van der Waals surface area contributed by atoms with Crippen LogP contribution in [0.2, 0.25) is 5.02 Å². The van der Waals surface area contributed by atoms with Crippen LogP contribution in [0.1, 0.15) is 56.8 Å². The number of benzene rings is 1. The molecule has 0 spiro atoms. The van der Waals surface area contributed by atoms with Crippen molar-refractivity contribution in [1.82, 2.24) is 14.7 Å². The van der Waals surface area contributed by atoms with Crippen molar-refractivity contribution in [1.29, 1.82) is 0 Å². The van der Waals surface area contributed by atoms with Crippen molar-refractivity contribution in [3.63, 3.8) is 0 Å². The Bertz CT molecular complexity index is 850. The normalized spacial score (nSPS) is 22.2. The lowest BCUT2D eigenvalue weighted by molar-refractivity contribution is -0.155. The standard InChI is InChI=1S/C25H39ClN4O3/c1-17(2)25(3,33)24(32)29-13-10-20(11-14-29)30-12-6-7-19(16-30)27-18-8-9-21(22(26)15-18)23(31)28(4)5/h8-9,15,17,19-20,27,33H,6-7,10-14,16H2,1-5H3/t19?,25-/m1/s1. The molecule has 2 aliphatic heterocycles. The summed E-state index contributed by atoms with van der Waals surface area (Å²) in [5.41, 5.74) is 0.134. The number of piperidine rings is 2. The molecule has 2 heterocycles. The summed E-state index contributed by atoms with van der Waals surface area (Å²) >= 11 is 6.38. The minimum Gasteiger partial charge on any atom is -0.381 e. The number of carbonyl (C=O) groups excluding carboxylic acids is 2. The van der Waals surface area contributed by atoms with Gasteiger partial charge < -0.3 is 20.2 Å². The van der Waals surface area contributed by atoms with E-state index in [4.69, 9.17) is 11.6 Å². The lowest BCUT2D eigenvalue weighted by atomic mass is 9.89. The molecule has 1 unspecified atom stereocenters. The van der Waals surface area contributed by atoms with Gasteiger partial charge in [-0.1, -0.05) is 25.4 Å². The number of aliphatic hydroxyl groups is 1. The lowest BCUT2D eigenvalue weighted by Crippen LogP contribution is -2.56. The van der Waals surface area contributed by atoms with Gasteiger partial charge in [-0.2, -0.15) is 0 Å². The third-order valence-corrected chi connectivity index (χ3v) is 7.57. The van der Waals surface area contributed by atoms with Crippen molar-refractivity contribution in [3.05, 3.63) is 28.8 Å². The molecule has 2 saturated heterocycles. The fraction of sp³-hybridized carbons (Fsp3) is 0.680. The molecule has 0 radical (unpaired) electrons. The predicted molar refractivity (Wildman–Crippen MR) is 133 cm³/mol. The maximum Gasteiger partial charge on any atom is 0.254 e. The fourth-order valence-corrected chi connectivity index (χ4v) is 4.97. The van der Waals surface area contributed by atoms with Crippen LogP contribution >= 0.6 is 11.6 Å². The largest absolute Gasteiger partial charge is 0.381 e. The van der Waals surface area contributed by atoms with Crippen LogP contribution in [0.15, 0.2) is 18.2 Å². The molecule has 2 amide bonds. The highest BCUT2D eigenvalue weighted by Crippen LogP contribution is 2.27. The highest BCUT2D eigenvalue weighted by Gasteiger charge is 2.39. The van der Waals surface area contributed by atoms with Crippen LogP contribution in [0.3, 0.4) is 0 Å². The summed E-state index contributed by atoms with van der Waals surface area (Å²) in [7, 11) is 3.43. The van der Waals surface area contributed by atoms with Crippen LogP contribution in [0.25, 0.3) is 0 Å². The quantitative estimate of drug-likeness (QED) is 0.656. The number of halogens is 1. The van der Waals surface area contributed by atoms with Gasteiger partial charge in [0.05, 0.1) is 10.6 Å². The zero-order chi connectivity index (χ0) is 24.3. The Morgan fingerprint density at radius 3 is 2.42 bits per heavy atom. The van der Waals surface area contributed by atoms with E-state index < -0.39 is 5.60 Å². The second-order valence-electron chi connectivity index (χ2n) is 10.2. The van der Waals surface area contributed by atoms with E-state index in [0.717, 1.165) is 44.5 Å². The van der Waals surface area contributed by atoms with Gasteiger partial charge in [0.15, 0.2) is 0 Å². The van der Waals surface area contributed by atoms with E-state index >= 15 is 0 Å². The van der Waals surface area contributed by atoms with E-state index in [9.17, 15) is 14.7 Å². The Hall–Kier alpha value is -1.83. The van der Waals surface area contributed by atoms with Crippen molar-refractivity contribution >= 4 is 29.1 Å². The first-order valence-corrected chi connectivity index (χ1v) is 12.4. The molecule has 3 rings (SSSR count). The monoisotopic (exact) mass is 478 g/mol. The summed E-state index contributed by atoms with van der Waals surface area (Å²) in [4.78, 5) is 30.9. The summed E-state index contributed by atoms with van der Waals surface area (Å²) in [5, 5.41) is 14.6. The third-order valence-electron chi connectivity index (χ3n) is 7.25. The molecule has 184 valence electrons. The molecule has 8 heteroatoms. The number of likely N-dealkylation sites (tertiary alicyclic amines) is 2. The van der Waals surface area contributed by atoms with Crippen molar-refractivity contribution in [2.45, 2.75) is 64.1 Å². The first-order chi connectivity index (χ1) is 15.5. The topological polar surface area (TPSA) is 76.1 Å². The van der Waals surface area contributed by atoms with Crippen molar-refractivity contribution in [2.75, 3.05) is 45.6 Å². The molecule has 7 nitrogen and oxygen atoms in total. The number of amides is 2. The van der Waals surface area contributed by atoms with Gasteiger partial charge >= 0.3 is 0 Å². The molecule has 1 aromatic carbocycles. The summed E-state index contributed by atoms with van der Waals surface area (Å²) in [6.07, 6.45) is 4.06. The molecular formula is C25H39ClN4O3. The van der Waals surface area contributed by atoms with Crippen molar-refractivity contribution in [2.24, 2.45) is 5.92 Å². The fourth-order valence-electron chi connectivity index (χ4n) is 4.71. The number of nitrogens with one attached hydrogen (secondary N) is 1. The van der Waals surface area contributed by atoms with Gasteiger partial charge in [0.1, 0.15) is 5.60 Å². The van der Waals surface area contributed by atoms with E-state index in [1.165, 1.54) is 4.90 Å². The van der Waals surface area contributed by atoms with Crippen LogP contribution in [0, 0.1) is 5.92 Å². The molecule has 2 atom stereocenters. The van der Waals surface area contributed by atoms with E-state index in [1.54, 1.807) is 27.1 Å². The van der Waals surface area contributed by atoms with Crippen LogP contribution in [0.4, 0.5) is 5.69 Å². The first kappa shape index (κ1) is 25.8. The van der Waals surface area contributed by atoms with Gasteiger partial charge in [-0.3, -0.25) is 14.5 Å². The second-order valence-corrected chi connectivity index (χ2v) is 10.6. The Balaban J connectivity index is 1.55. The molecule has 0 saturated carbocycles. The molecule has 0 bridgehead atoms. The average molecular weight is 479 g/mol. The van der Waals surface area contributed by atoms with Gasteiger partial charge in [-0.15, -0.1) is 0 Å². The predicted octanol–water partition coefficient (Wildman–Crippen LogP) is 3.32. The third kappa shape index (κ3) is 6.00. The van der Waals surface area contributed by atoms with E-state index in [-0.39, 0.29) is 17.7 Å². The number of nitrogens with zero attached hydrogens (tertiary/aromatic N) is 3. The van der Waals surface area contributed by atoms with Crippen molar-refractivity contribution < 1.29 is 14.7 Å². The molecule has 2 fully saturated rings. The number of rotatable bonds is 6. The molecule has 0 aliphatic carbocycles. The molecule has 1 aromatic rings. The maximum absolute atomic E-state index is 12.7. The maximum atomic E-state index is 12.7. The van der Waals surface area contributed by atoms with Crippen molar-refractivity contribution in [3.8, 4) is 0 Å². The minimum absolute atomic E-state index is 0.102. The SMILES string of the molecule is CC(C)[C@@](C)(O)C(=O)N1CCC(N2CCCC(Nc3ccc(C(=O)N(C)C)c(Cl)c3)C2)CC1. The number of anilines is 1. The summed E-state index contributed by atoms with van der Waals surface area (Å²) < 4.78 is 0. The van der Waals surface area contributed by atoms with Crippen LogP contribution < -0.4 is 5.32 Å². The lowest BCUT2D eigenvalue weighted by Gasteiger charge is -2.44. The zero-order valence-corrected chi connectivity index (χ0v) is 21.4. The Morgan fingerprint density at radius 2 is 1.85 bits per heavy atom. The van der Waals surface area contributed by atoms with Gasteiger partial charge in [-0.25, -0.2) is 0 Å². The Labute approximate surface area is 203 Å². The number of hydrogen-bond acceptors (Lipinski definition) is 5. The second kappa shape index (κ2) is 10.6. The summed E-state index contributed by atoms with van der Waals surface area (Å²) in [5.74, 6) is -0.363. The van der Waals surface area contributed by atoms with E-state index in [1.807, 2.05) is 30.9 Å². The molecular weight excluding hydrogens is 440 g/mol. The average Bonchev–Trinajstić information content (AvgIpc) is 2.78. The highest BCUT2D eigenvalue weighted by atomic mass is 35.5. The van der Waals surface area contributed by atoms with Gasteiger partial charge in [0.25, 0.3) is 11.8 Å². The zero-order valence-electron chi connectivity index (χ0n) is 20.6. The summed E-state index contributed by atoms with van der Waals surface area (Å²) in [6, 6.07) is 6.30. The van der Waals surface area contributed by atoms with Crippen LogP contribution in [-0.2, 0) is 4.79 Å². The van der Waals surface area contributed by atoms with E-state index in [2.05, 4.69) is 10.2 Å². The summed E-state index contributed by atoms with van der Waals surface area (Å²) in [6.45, 7) is 8.78. The number of hydrogen-bond donors (Lipinski definition) is 2. The highest BCUT2D eigenvalue weighted by molar-refractivity contribution is 6.34. The van der Waals surface area contributed by atoms with Gasteiger partial charge in [-0.05, 0) is 63.3 Å². The van der Waals surface area contributed by atoms with Gasteiger partial charge in [0, 0.05) is 51.5 Å². The van der Waals surface area contributed by atoms with Crippen LogP contribution in [0.5, 0.6) is 0 Å². The van der Waals surface area contributed by atoms with Crippen LogP contribution in [-0.4, -0.2) is 89.6 Å². The Kier molecular flexibility index (Phi) is 8.30. The molecule has 0 aromatic heterocycles. The Morgan fingerprint density at radius 1 is 1.18 bits per heavy atom. The minimum atomic E-state index is -1.30. The molecule has 2 N–H and O–H groups in total. The molecule has 33 heavy (non-hydrogen) atoms. The number of carbonyl (C=O) groups is 2. The molecule has 2 aliphatic rings. The first-order valence-electron chi connectivity index (χ1n) is 12.0.